The van der Waals surface area contributed by atoms with Gasteiger partial charge in [0.15, 0.2) is 0 Å². The highest BCUT2D eigenvalue weighted by Gasteiger charge is 2.49. The van der Waals surface area contributed by atoms with E-state index in [1.165, 1.54) is 0 Å². The Kier molecular flexibility index (Phi) is 3.09. The van der Waals surface area contributed by atoms with Crippen LogP contribution in [-0.4, -0.2) is 5.60 Å². The maximum absolute atomic E-state index is 14.1. The van der Waals surface area contributed by atoms with Gasteiger partial charge in [-0.3, -0.25) is 0 Å². The first-order valence-corrected chi connectivity index (χ1v) is 6.81. The number of para-hydroxylation sites is 1. The van der Waals surface area contributed by atoms with E-state index >= 15 is 0 Å². The van der Waals surface area contributed by atoms with Crippen LogP contribution in [0.3, 0.4) is 0 Å². The van der Waals surface area contributed by atoms with Crippen LogP contribution in [-0.2, 0) is 0 Å². The first-order chi connectivity index (χ1) is 9.61. The van der Waals surface area contributed by atoms with Crippen molar-refractivity contribution in [3.8, 4) is 5.75 Å². The fourth-order valence-corrected chi connectivity index (χ4v) is 2.40. The van der Waals surface area contributed by atoms with E-state index in [0.29, 0.717) is 5.56 Å². The normalized spacial score (nSPS) is 15.7. The largest absolute Gasteiger partial charge is 0.483 e. The third-order valence-electron chi connectivity index (χ3n) is 3.76. The molecule has 0 amide bonds. The van der Waals surface area contributed by atoms with E-state index in [9.17, 15) is 4.39 Å². The van der Waals surface area contributed by atoms with Crippen molar-refractivity contribution in [2.24, 2.45) is 0 Å². The number of ether oxygens (including phenoxy) is 1. The Morgan fingerprint density at radius 1 is 1.15 bits per heavy atom. The van der Waals surface area contributed by atoms with Gasteiger partial charge in [0.05, 0.1) is 0 Å². The molecule has 1 fully saturated rings. The maximum atomic E-state index is 14.1. The lowest BCUT2D eigenvalue weighted by Gasteiger charge is -2.21. The van der Waals surface area contributed by atoms with Crippen LogP contribution in [0.5, 0.6) is 5.75 Å². The predicted molar refractivity (Wildman–Crippen MR) is 79.2 cm³/mol. The van der Waals surface area contributed by atoms with Crippen molar-refractivity contribution in [1.29, 1.82) is 0 Å². The summed E-state index contributed by atoms with van der Waals surface area (Å²) in [5.74, 6) is 0.580. The molecule has 2 heteroatoms. The molecule has 0 atom stereocenters. The molecule has 3 rings (SSSR count). The summed E-state index contributed by atoms with van der Waals surface area (Å²) in [5, 5.41) is 0. The Morgan fingerprint density at radius 3 is 2.45 bits per heavy atom. The molecule has 1 saturated carbocycles. The van der Waals surface area contributed by atoms with Crippen molar-refractivity contribution in [1.82, 2.24) is 0 Å². The van der Waals surface area contributed by atoms with Gasteiger partial charge in [0.1, 0.15) is 17.2 Å². The zero-order valence-electron chi connectivity index (χ0n) is 11.5. The molecule has 0 radical (unpaired) electrons. The van der Waals surface area contributed by atoms with Crippen LogP contribution >= 0.6 is 0 Å². The average molecular weight is 268 g/mol. The highest BCUT2D eigenvalue weighted by atomic mass is 19.1. The topological polar surface area (TPSA) is 9.23 Å². The first-order valence-electron chi connectivity index (χ1n) is 6.81. The molecule has 1 nitrogen and oxygen atoms in total. The number of hydrogen-bond donors (Lipinski definition) is 0. The van der Waals surface area contributed by atoms with Crippen LogP contribution in [0.25, 0.3) is 5.57 Å². The molecule has 0 aromatic heterocycles. The lowest BCUT2D eigenvalue weighted by Crippen LogP contribution is -2.20. The number of benzene rings is 2. The van der Waals surface area contributed by atoms with Gasteiger partial charge in [-0.25, -0.2) is 4.39 Å². The van der Waals surface area contributed by atoms with E-state index in [0.717, 1.165) is 29.7 Å². The predicted octanol–water partition coefficient (Wildman–Crippen LogP) is 4.76. The lowest BCUT2D eigenvalue weighted by molar-refractivity contribution is 0.239. The Bertz CT molecular complexity index is 642. The van der Waals surface area contributed by atoms with Crippen LogP contribution < -0.4 is 4.74 Å². The molecular weight excluding hydrogens is 251 g/mol. The third kappa shape index (κ3) is 2.34. The minimum Gasteiger partial charge on any atom is -0.483 e. The van der Waals surface area contributed by atoms with Gasteiger partial charge in [-0.05, 0) is 49.1 Å². The zero-order chi connectivity index (χ0) is 14.2. The molecule has 1 aliphatic rings. The summed E-state index contributed by atoms with van der Waals surface area (Å²) < 4.78 is 20.1. The van der Waals surface area contributed by atoms with Gasteiger partial charge in [0.2, 0.25) is 0 Å². The molecule has 0 bridgehead atoms. The van der Waals surface area contributed by atoms with Crippen molar-refractivity contribution in [3.05, 3.63) is 72.1 Å². The second-order valence-corrected chi connectivity index (χ2v) is 5.37. The minimum absolute atomic E-state index is 0.224. The summed E-state index contributed by atoms with van der Waals surface area (Å²) in [4.78, 5) is 0. The van der Waals surface area contributed by atoms with Gasteiger partial charge in [0, 0.05) is 5.56 Å². The Morgan fingerprint density at radius 2 is 1.85 bits per heavy atom. The number of rotatable bonds is 4. The molecule has 0 N–H and O–H groups in total. The molecule has 0 unspecified atom stereocenters. The summed E-state index contributed by atoms with van der Waals surface area (Å²) in [6, 6.07) is 14.9. The second-order valence-electron chi connectivity index (χ2n) is 5.37. The number of aryl methyl sites for hydroxylation is 1. The second kappa shape index (κ2) is 4.78. The van der Waals surface area contributed by atoms with Crippen LogP contribution in [0.4, 0.5) is 4.39 Å². The van der Waals surface area contributed by atoms with E-state index in [2.05, 4.69) is 6.58 Å². The molecule has 2 aromatic rings. The Hall–Kier alpha value is -2.09. The summed E-state index contributed by atoms with van der Waals surface area (Å²) in [5.41, 5.74) is 1.77. The van der Waals surface area contributed by atoms with Crippen molar-refractivity contribution < 1.29 is 9.13 Å². The number of hydrogen-bond acceptors (Lipinski definition) is 1. The van der Waals surface area contributed by atoms with E-state index in [-0.39, 0.29) is 5.82 Å². The van der Waals surface area contributed by atoms with Crippen molar-refractivity contribution in [2.45, 2.75) is 25.4 Å². The minimum atomic E-state index is -0.433. The molecule has 0 spiro atoms. The van der Waals surface area contributed by atoms with Crippen molar-refractivity contribution in [2.75, 3.05) is 0 Å². The van der Waals surface area contributed by atoms with Crippen LogP contribution in [0, 0.1) is 12.7 Å². The van der Waals surface area contributed by atoms with Crippen LogP contribution in [0.1, 0.15) is 24.0 Å². The van der Waals surface area contributed by atoms with Gasteiger partial charge in [-0.15, -0.1) is 0 Å². The number of halogens is 1. The van der Waals surface area contributed by atoms with Crippen molar-refractivity contribution >= 4 is 5.57 Å². The summed E-state index contributed by atoms with van der Waals surface area (Å²) in [6.07, 6.45) is 1.77. The van der Waals surface area contributed by atoms with Crippen molar-refractivity contribution in [3.63, 3.8) is 0 Å². The van der Waals surface area contributed by atoms with Crippen LogP contribution in [0.15, 0.2) is 55.1 Å². The molecule has 0 aliphatic heterocycles. The molecule has 0 heterocycles. The summed E-state index contributed by atoms with van der Waals surface area (Å²) in [7, 11) is 0. The van der Waals surface area contributed by atoms with E-state index in [4.69, 9.17) is 4.74 Å². The van der Waals surface area contributed by atoms with E-state index < -0.39 is 5.60 Å². The van der Waals surface area contributed by atoms with E-state index in [1.807, 2.05) is 43.3 Å². The fraction of sp³-hybridized carbons (Fsp3) is 0.222. The highest BCUT2D eigenvalue weighted by Crippen LogP contribution is 2.49. The van der Waals surface area contributed by atoms with E-state index in [1.54, 1.807) is 12.1 Å². The van der Waals surface area contributed by atoms with Gasteiger partial charge in [0.25, 0.3) is 0 Å². The Labute approximate surface area is 118 Å². The monoisotopic (exact) mass is 268 g/mol. The third-order valence-corrected chi connectivity index (χ3v) is 3.76. The molecule has 102 valence electrons. The molecule has 0 saturated heterocycles. The first kappa shape index (κ1) is 12.9. The van der Waals surface area contributed by atoms with Gasteiger partial charge < -0.3 is 4.74 Å². The molecule has 20 heavy (non-hydrogen) atoms. The van der Waals surface area contributed by atoms with Gasteiger partial charge in [-0.1, -0.05) is 36.9 Å². The lowest BCUT2D eigenvalue weighted by atomic mass is 9.98. The molecule has 1 aliphatic carbocycles. The molecular formula is C18H17FO. The average Bonchev–Trinajstić information content (AvgIpc) is 3.20. The van der Waals surface area contributed by atoms with Gasteiger partial charge >= 0.3 is 0 Å². The smallest absolute Gasteiger partial charge is 0.134 e. The SMILES string of the molecule is C=C(c1ccc(C)cc1F)C1(Oc2ccccc2)CC1. The highest BCUT2D eigenvalue weighted by molar-refractivity contribution is 5.74. The van der Waals surface area contributed by atoms with Gasteiger partial charge in [-0.2, -0.15) is 0 Å². The Balaban J connectivity index is 1.86. The summed E-state index contributed by atoms with van der Waals surface area (Å²) in [6.45, 7) is 5.96. The summed E-state index contributed by atoms with van der Waals surface area (Å²) >= 11 is 0. The van der Waals surface area contributed by atoms with Crippen LogP contribution in [0.2, 0.25) is 0 Å². The zero-order valence-corrected chi connectivity index (χ0v) is 11.5. The standard InChI is InChI=1S/C18H17FO/c1-13-8-9-16(17(19)12-13)14(2)18(10-11-18)20-15-6-4-3-5-7-15/h3-9,12H,2,10-11H2,1H3. The fourth-order valence-electron chi connectivity index (χ4n) is 2.40. The molecule has 2 aromatic carbocycles. The quantitative estimate of drug-likeness (QED) is 0.777. The maximum Gasteiger partial charge on any atom is 0.134 e.